The summed E-state index contributed by atoms with van der Waals surface area (Å²) < 4.78 is 5.37. The standard InChI is InChI=1S/C18H13Cl3N2O3/c1-2-26-16-13(20)6-10(7-14(16)21)8-15-17(24)23(18(25)22-15)12-5-3-4-11(19)9-12/h3-9H,2H2,1H3,(H,22,25)/b15-8+. The van der Waals surface area contributed by atoms with E-state index in [0.29, 0.717) is 38.7 Å². The number of rotatable bonds is 4. The molecule has 3 rings (SSSR count). The summed E-state index contributed by atoms with van der Waals surface area (Å²) in [6.45, 7) is 2.24. The fraction of sp³-hybridized carbons (Fsp3) is 0.111. The first kappa shape index (κ1) is 18.6. The maximum absolute atomic E-state index is 12.6. The van der Waals surface area contributed by atoms with Crippen molar-refractivity contribution in [2.24, 2.45) is 0 Å². The van der Waals surface area contributed by atoms with Crippen LogP contribution in [-0.2, 0) is 4.79 Å². The highest BCUT2D eigenvalue weighted by Crippen LogP contribution is 2.35. The number of amides is 3. The average molecular weight is 412 g/mol. The van der Waals surface area contributed by atoms with Gasteiger partial charge in [0, 0.05) is 5.02 Å². The van der Waals surface area contributed by atoms with Crippen molar-refractivity contribution >= 4 is 58.5 Å². The number of hydrogen-bond acceptors (Lipinski definition) is 3. The van der Waals surface area contributed by atoms with Gasteiger partial charge in [0.05, 0.1) is 22.3 Å². The van der Waals surface area contributed by atoms with Gasteiger partial charge < -0.3 is 10.1 Å². The van der Waals surface area contributed by atoms with Crippen LogP contribution in [0.25, 0.3) is 6.08 Å². The van der Waals surface area contributed by atoms with Gasteiger partial charge in [-0.25, -0.2) is 9.69 Å². The number of imide groups is 1. The van der Waals surface area contributed by atoms with Crippen LogP contribution in [0.4, 0.5) is 10.5 Å². The van der Waals surface area contributed by atoms with Gasteiger partial charge in [-0.15, -0.1) is 0 Å². The van der Waals surface area contributed by atoms with Crippen LogP contribution in [0.1, 0.15) is 12.5 Å². The molecule has 1 fully saturated rings. The molecule has 3 amide bonds. The zero-order chi connectivity index (χ0) is 18.8. The SMILES string of the molecule is CCOc1c(Cl)cc(/C=C2/NC(=O)N(c3cccc(Cl)c3)C2=O)cc1Cl. The quantitative estimate of drug-likeness (QED) is 0.559. The molecule has 0 aromatic heterocycles. The number of urea groups is 1. The molecule has 0 bridgehead atoms. The van der Waals surface area contributed by atoms with Gasteiger partial charge in [-0.1, -0.05) is 40.9 Å². The van der Waals surface area contributed by atoms with Crippen LogP contribution in [0, 0.1) is 0 Å². The van der Waals surface area contributed by atoms with Crippen LogP contribution < -0.4 is 15.0 Å². The summed E-state index contributed by atoms with van der Waals surface area (Å²) in [6.07, 6.45) is 1.50. The highest BCUT2D eigenvalue weighted by Gasteiger charge is 2.35. The van der Waals surface area contributed by atoms with Crippen molar-refractivity contribution in [3.05, 3.63) is 62.7 Å². The number of nitrogens with zero attached hydrogens (tertiary/aromatic N) is 1. The molecule has 0 spiro atoms. The smallest absolute Gasteiger partial charge is 0.333 e. The normalized spacial score (nSPS) is 15.5. The fourth-order valence-corrected chi connectivity index (χ4v) is 3.29. The van der Waals surface area contributed by atoms with E-state index in [1.807, 2.05) is 6.92 Å². The number of hydrogen-bond donors (Lipinski definition) is 1. The molecule has 26 heavy (non-hydrogen) atoms. The van der Waals surface area contributed by atoms with E-state index in [0.717, 1.165) is 4.90 Å². The van der Waals surface area contributed by atoms with Crippen LogP contribution in [0.15, 0.2) is 42.1 Å². The summed E-state index contributed by atoms with van der Waals surface area (Å²) >= 11 is 18.3. The van der Waals surface area contributed by atoms with E-state index in [1.165, 1.54) is 12.1 Å². The van der Waals surface area contributed by atoms with Gasteiger partial charge >= 0.3 is 6.03 Å². The number of anilines is 1. The predicted molar refractivity (Wildman–Crippen MR) is 103 cm³/mol. The third-order valence-electron chi connectivity index (χ3n) is 3.56. The summed E-state index contributed by atoms with van der Waals surface area (Å²) in [5, 5.41) is 3.59. The summed E-state index contributed by atoms with van der Waals surface area (Å²) in [7, 11) is 0. The monoisotopic (exact) mass is 410 g/mol. The number of carbonyl (C=O) groups excluding carboxylic acids is 2. The number of halogens is 3. The third kappa shape index (κ3) is 3.65. The lowest BCUT2D eigenvalue weighted by atomic mass is 10.1. The molecular weight excluding hydrogens is 399 g/mol. The van der Waals surface area contributed by atoms with Crippen LogP contribution in [-0.4, -0.2) is 18.5 Å². The average Bonchev–Trinajstić information content (AvgIpc) is 2.85. The Kier molecular flexibility index (Phi) is 5.41. The summed E-state index contributed by atoms with van der Waals surface area (Å²) in [5.74, 6) is -0.126. The van der Waals surface area contributed by atoms with Crippen molar-refractivity contribution in [3.63, 3.8) is 0 Å². The molecule has 1 N–H and O–H groups in total. The minimum atomic E-state index is -0.563. The van der Waals surface area contributed by atoms with Crippen LogP contribution in [0.5, 0.6) is 5.75 Å². The molecule has 1 heterocycles. The Morgan fingerprint density at radius 3 is 2.42 bits per heavy atom. The first-order valence-corrected chi connectivity index (χ1v) is 8.78. The second kappa shape index (κ2) is 7.58. The maximum atomic E-state index is 12.6. The van der Waals surface area contributed by atoms with Crippen molar-refractivity contribution in [3.8, 4) is 5.75 Å². The summed E-state index contributed by atoms with van der Waals surface area (Å²) in [5.41, 5.74) is 1.04. The number of carbonyl (C=O) groups is 2. The van der Waals surface area contributed by atoms with Crippen molar-refractivity contribution in [2.75, 3.05) is 11.5 Å². The van der Waals surface area contributed by atoms with E-state index in [1.54, 1.807) is 30.3 Å². The largest absolute Gasteiger partial charge is 0.491 e. The maximum Gasteiger partial charge on any atom is 0.333 e. The Morgan fingerprint density at radius 1 is 1.12 bits per heavy atom. The van der Waals surface area contributed by atoms with E-state index >= 15 is 0 Å². The molecule has 134 valence electrons. The lowest BCUT2D eigenvalue weighted by molar-refractivity contribution is -0.113. The molecule has 0 atom stereocenters. The minimum Gasteiger partial charge on any atom is -0.491 e. The van der Waals surface area contributed by atoms with Crippen LogP contribution in [0.3, 0.4) is 0 Å². The Hall–Kier alpha value is -2.21. The first-order valence-electron chi connectivity index (χ1n) is 7.65. The zero-order valence-electron chi connectivity index (χ0n) is 13.6. The summed E-state index contributed by atoms with van der Waals surface area (Å²) in [6, 6.07) is 9.12. The predicted octanol–water partition coefficient (Wildman–Crippen LogP) is 5.14. The lowest BCUT2D eigenvalue weighted by Gasteiger charge is -2.11. The van der Waals surface area contributed by atoms with Gasteiger partial charge in [-0.2, -0.15) is 0 Å². The van der Waals surface area contributed by atoms with Crippen LogP contribution in [0.2, 0.25) is 15.1 Å². The van der Waals surface area contributed by atoms with Gasteiger partial charge in [0.15, 0.2) is 5.75 Å². The Morgan fingerprint density at radius 2 is 1.81 bits per heavy atom. The highest BCUT2D eigenvalue weighted by atomic mass is 35.5. The van der Waals surface area contributed by atoms with Gasteiger partial charge in [-0.05, 0) is 48.9 Å². The molecule has 8 heteroatoms. The molecular formula is C18H13Cl3N2O3. The van der Waals surface area contributed by atoms with E-state index in [9.17, 15) is 9.59 Å². The zero-order valence-corrected chi connectivity index (χ0v) is 15.8. The van der Waals surface area contributed by atoms with Crippen molar-refractivity contribution in [2.45, 2.75) is 6.92 Å². The topological polar surface area (TPSA) is 58.6 Å². The molecule has 1 saturated heterocycles. The second-order valence-corrected chi connectivity index (χ2v) is 6.61. The molecule has 5 nitrogen and oxygen atoms in total. The second-order valence-electron chi connectivity index (χ2n) is 5.36. The third-order valence-corrected chi connectivity index (χ3v) is 4.36. The lowest BCUT2D eigenvalue weighted by Crippen LogP contribution is -2.30. The first-order chi connectivity index (χ1) is 12.4. The Bertz CT molecular complexity index is 905. The molecule has 0 unspecified atom stereocenters. The molecule has 1 aliphatic heterocycles. The molecule has 2 aromatic carbocycles. The van der Waals surface area contributed by atoms with Gasteiger partial charge in [0.25, 0.3) is 5.91 Å². The molecule has 0 aliphatic carbocycles. The molecule has 2 aromatic rings. The van der Waals surface area contributed by atoms with Crippen molar-refractivity contribution in [1.82, 2.24) is 5.32 Å². The van der Waals surface area contributed by atoms with Crippen LogP contribution >= 0.6 is 34.8 Å². The minimum absolute atomic E-state index is 0.103. The van der Waals surface area contributed by atoms with Gasteiger partial charge in [-0.3, -0.25) is 4.79 Å². The van der Waals surface area contributed by atoms with Crippen molar-refractivity contribution in [1.29, 1.82) is 0 Å². The van der Waals surface area contributed by atoms with Gasteiger partial charge in [0.2, 0.25) is 0 Å². The number of nitrogens with one attached hydrogen (secondary N) is 1. The van der Waals surface area contributed by atoms with E-state index in [-0.39, 0.29) is 5.70 Å². The van der Waals surface area contributed by atoms with E-state index in [2.05, 4.69) is 5.32 Å². The van der Waals surface area contributed by atoms with Gasteiger partial charge in [0.1, 0.15) is 5.70 Å². The molecule has 1 aliphatic rings. The van der Waals surface area contributed by atoms with E-state index < -0.39 is 11.9 Å². The Balaban J connectivity index is 1.93. The van der Waals surface area contributed by atoms with Crippen molar-refractivity contribution < 1.29 is 14.3 Å². The summed E-state index contributed by atoms with van der Waals surface area (Å²) in [4.78, 5) is 25.8. The number of ether oxygens (including phenoxy) is 1. The fourth-order valence-electron chi connectivity index (χ4n) is 2.50. The highest BCUT2D eigenvalue weighted by molar-refractivity contribution is 6.37. The number of benzene rings is 2. The molecule has 0 radical (unpaired) electrons. The molecule has 0 saturated carbocycles. The van der Waals surface area contributed by atoms with E-state index in [4.69, 9.17) is 39.5 Å². The Labute approximate surface area is 165 Å².